The molecule has 0 aliphatic carbocycles. The maximum absolute atomic E-state index is 10.2. The van der Waals surface area contributed by atoms with Crippen molar-refractivity contribution < 1.29 is 5.11 Å². The molecule has 0 aromatic heterocycles. The van der Waals surface area contributed by atoms with Crippen LogP contribution in [-0.4, -0.2) is 17.2 Å². The molecule has 142 valence electrons. The number of amidine groups is 1. The number of phenols is 1. The highest BCUT2D eigenvalue weighted by atomic mass is 16.3. The Hall–Kier alpha value is -4.00. The molecule has 0 radical (unpaired) electrons. The van der Waals surface area contributed by atoms with Gasteiger partial charge in [-0.15, -0.1) is 10.2 Å². The number of phenolic OH excluding ortho intramolecular Hbond substituents is 1. The van der Waals surface area contributed by atoms with Gasteiger partial charge in [0.25, 0.3) is 0 Å². The predicted molar refractivity (Wildman–Crippen MR) is 112 cm³/mol. The molecule has 0 spiro atoms. The van der Waals surface area contributed by atoms with Gasteiger partial charge < -0.3 is 5.11 Å². The van der Waals surface area contributed by atoms with Crippen molar-refractivity contribution in [2.75, 3.05) is 0 Å². The Kier molecular flexibility index (Phi) is 5.57. The molecule has 7 heteroatoms. The lowest BCUT2D eigenvalue weighted by Crippen LogP contribution is -1.95. The number of nitrogens with zero attached hydrogens (tertiary/aromatic N) is 6. The Labute approximate surface area is 167 Å². The summed E-state index contributed by atoms with van der Waals surface area (Å²) in [5.74, 6) is 0.608. The summed E-state index contributed by atoms with van der Waals surface area (Å²) < 4.78 is 0. The number of hydrogen-bond acceptors (Lipinski definition) is 6. The molecule has 3 aromatic carbocycles. The molecule has 0 saturated carbocycles. The summed E-state index contributed by atoms with van der Waals surface area (Å²) >= 11 is 0. The van der Waals surface area contributed by atoms with Crippen LogP contribution in [0.15, 0.2) is 110 Å². The Bertz CT molecular complexity index is 1090. The van der Waals surface area contributed by atoms with E-state index >= 15 is 0 Å². The maximum atomic E-state index is 10.2. The fourth-order valence-corrected chi connectivity index (χ4v) is 2.78. The van der Waals surface area contributed by atoms with E-state index in [1.807, 2.05) is 60.7 Å². The Morgan fingerprint density at radius 2 is 1.59 bits per heavy atom. The topological polar surface area (TPSA) is 94.4 Å². The van der Waals surface area contributed by atoms with Gasteiger partial charge >= 0.3 is 0 Å². The van der Waals surface area contributed by atoms with Crippen LogP contribution in [0.4, 0.5) is 11.4 Å². The van der Waals surface area contributed by atoms with Crippen LogP contribution in [0, 0.1) is 0 Å². The van der Waals surface area contributed by atoms with Crippen molar-refractivity contribution in [3.63, 3.8) is 0 Å². The number of rotatable bonds is 5. The molecule has 29 heavy (non-hydrogen) atoms. The first-order valence-corrected chi connectivity index (χ1v) is 9.13. The first kappa shape index (κ1) is 18.4. The van der Waals surface area contributed by atoms with E-state index in [4.69, 9.17) is 0 Å². The fraction of sp³-hybridized carbons (Fsp3) is 0.0909. The van der Waals surface area contributed by atoms with E-state index in [0.29, 0.717) is 23.5 Å². The third-order valence-corrected chi connectivity index (χ3v) is 4.29. The SMILES string of the molecule is Oc1cc(N=Nc2ccccc2)ccc1/C=N/N=C1/C[C@@H](c2ccccc2)N=N1. The molecule has 0 unspecified atom stereocenters. The number of benzene rings is 3. The summed E-state index contributed by atoms with van der Waals surface area (Å²) in [6, 6.07) is 24.3. The zero-order valence-electron chi connectivity index (χ0n) is 15.5. The van der Waals surface area contributed by atoms with Crippen LogP contribution in [-0.2, 0) is 0 Å². The first-order chi connectivity index (χ1) is 14.3. The third-order valence-electron chi connectivity index (χ3n) is 4.29. The monoisotopic (exact) mass is 382 g/mol. The summed E-state index contributed by atoms with van der Waals surface area (Å²) in [5.41, 5.74) is 2.92. The fourth-order valence-electron chi connectivity index (χ4n) is 2.78. The lowest BCUT2D eigenvalue weighted by molar-refractivity contribution is 0.474. The van der Waals surface area contributed by atoms with Gasteiger partial charge in [0, 0.05) is 18.1 Å². The summed E-state index contributed by atoms with van der Waals surface area (Å²) in [4.78, 5) is 0. The molecule has 1 N–H and O–H groups in total. The van der Waals surface area contributed by atoms with E-state index in [-0.39, 0.29) is 11.8 Å². The van der Waals surface area contributed by atoms with Crippen molar-refractivity contribution in [2.45, 2.75) is 12.5 Å². The second-order valence-corrected chi connectivity index (χ2v) is 6.39. The van der Waals surface area contributed by atoms with Crippen LogP contribution in [0.3, 0.4) is 0 Å². The predicted octanol–water partition coefficient (Wildman–Crippen LogP) is 6.14. The molecule has 1 atom stereocenters. The average Bonchev–Trinajstić information content (AvgIpc) is 3.24. The van der Waals surface area contributed by atoms with E-state index in [1.54, 1.807) is 12.1 Å². The Morgan fingerprint density at radius 1 is 0.862 bits per heavy atom. The second-order valence-electron chi connectivity index (χ2n) is 6.39. The molecule has 1 aliphatic heterocycles. The summed E-state index contributed by atoms with van der Waals surface area (Å²) in [5, 5.41) is 34.9. The van der Waals surface area contributed by atoms with Crippen molar-refractivity contribution >= 4 is 23.4 Å². The lowest BCUT2D eigenvalue weighted by Gasteiger charge is -2.03. The molecule has 1 heterocycles. The van der Waals surface area contributed by atoms with Crippen molar-refractivity contribution in [2.24, 2.45) is 30.7 Å². The highest BCUT2D eigenvalue weighted by molar-refractivity contribution is 5.87. The first-order valence-electron chi connectivity index (χ1n) is 9.13. The molecule has 0 bridgehead atoms. The number of azo groups is 2. The average molecular weight is 382 g/mol. The molecule has 4 rings (SSSR count). The van der Waals surface area contributed by atoms with Crippen LogP contribution in [0.2, 0.25) is 0 Å². The minimum absolute atomic E-state index is 0.0205. The highest BCUT2D eigenvalue weighted by Gasteiger charge is 2.19. The van der Waals surface area contributed by atoms with E-state index in [1.165, 1.54) is 12.3 Å². The third kappa shape index (κ3) is 4.84. The van der Waals surface area contributed by atoms with E-state index < -0.39 is 0 Å². The standard InChI is InChI=1S/C22H18N6O/c29-21-13-19(25-24-18-9-5-2-6-10-18)12-11-17(21)15-23-27-22-14-20(26-28-22)16-7-3-1-4-8-16/h1-13,15,20,29H,14H2/b23-15+,25-24?,27-22-/t20-/m0/s1. The van der Waals surface area contributed by atoms with Crippen LogP contribution in [0.25, 0.3) is 0 Å². The number of hydrogen-bond donors (Lipinski definition) is 1. The van der Waals surface area contributed by atoms with Crippen LogP contribution >= 0.6 is 0 Å². The minimum atomic E-state index is -0.0205. The smallest absolute Gasteiger partial charge is 0.175 e. The van der Waals surface area contributed by atoms with Crippen molar-refractivity contribution in [1.29, 1.82) is 0 Å². The van der Waals surface area contributed by atoms with E-state index in [2.05, 4.69) is 30.7 Å². The largest absolute Gasteiger partial charge is 0.507 e. The van der Waals surface area contributed by atoms with Gasteiger partial charge in [0.05, 0.1) is 17.6 Å². The molecule has 0 fully saturated rings. The Morgan fingerprint density at radius 3 is 2.34 bits per heavy atom. The summed E-state index contributed by atoms with van der Waals surface area (Å²) in [6.07, 6.45) is 2.08. The van der Waals surface area contributed by atoms with Crippen LogP contribution in [0.1, 0.15) is 23.6 Å². The lowest BCUT2D eigenvalue weighted by atomic mass is 10.1. The maximum Gasteiger partial charge on any atom is 0.175 e. The normalized spacial score (nSPS) is 17.7. The molecule has 1 aliphatic rings. The molecular weight excluding hydrogens is 364 g/mol. The number of aromatic hydroxyl groups is 1. The van der Waals surface area contributed by atoms with Gasteiger partial charge in [-0.1, -0.05) is 48.5 Å². The molecule has 3 aromatic rings. The van der Waals surface area contributed by atoms with Crippen LogP contribution < -0.4 is 0 Å². The van der Waals surface area contributed by atoms with Gasteiger partial charge in [0.1, 0.15) is 11.8 Å². The van der Waals surface area contributed by atoms with Crippen molar-refractivity contribution in [3.05, 3.63) is 90.0 Å². The van der Waals surface area contributed by atoms with E-state index in [0.717, 1.165) is 11.3 Å². The van der Waals surface area contributed by atoms with Gasteiger partial charge in [-0.25, -0.2) is 0 Å². The van der Waals surface area contributed by atoms with Crippen LogP contribution in [0.5, 0.6) is 5.75 Å². The van der Waals surface area contributed by atoms with Gasteiger partial charge in [-0.3, -0.25) is 0 Å². The van der Waals surface area contributed by atoms with Gasteiger partial charge in [-0.2, -0.15) is 20.4 Å². The molecular formula is C22H18N6O. The van der Waals surface area contributed by atoms with Crippen molar-refractivity contribution in [1.82, 2.24) is 0 Å². The van der Waals surface area contributed by atoms with E-state index in [9.17, 15) is 5.11 Å². The summed E-state index contributed by atoms with van der Waals surface area (Å²) in [7, 11) is 0. The highest BCUT2D eigenvalue weighted by Crippen LogP contribution is 2.28. The van der Waals surface area contributed by atoms with Crippen molar-refractivity contribution in [3.8, 4) is 5.75 Å². The summed E-state index contributed by atoms with van der Waals surface area (Å²) in [6.45, 7) is 0. The quantitative estimate of drug-likeness (QED) is 0.320. The molecule has 7 nitrogen and oxygen atoms in total. The van der Waals surface area contributed by atoms with Gasteiger partial charge in [-0.05, 0) is 29.8 Å². The second kappa shape index (κ2) is 8.79. The zero-order chi connectivity index (χ0) is 19.9. The molecule has 0 amide bonds. The zero-order valence-corrected chi connectivity index (χ0v) is 15.5. The van der Waals surface area contributed by atoms with Gasteiger partial charge in [0.15, 0.2) is 5.84 Å². The Balaban J connectivity index is 1.39. The van der Waals surface area contributed by atoms with Gasteiger partial charge in [0.2, 0.25) is 0 Å². The minimum Gasteiger partial charge on any atom is -0.507 e. The molecule has 0 saturated heterocycles.